The maximum Gasteiger partial charge on any atom is 0 e. The number of hydrogen-bond donors (Lipinski definition) is 1. The smallest absolute Gasteiger partial charge is 0 e. The number of hydrogen-bond acceptors (Lipinski definition) is 3. The van der Waals surface area contributed by atoms with Crippen molar-refractivity contribution in [3.05, 3.63) is 89.3 Å². The van der Waals surface area contributed by atoms with Crippen LogP contribution >= 0.6 is 0 Å². The topological polar surface area (TPSA) is 50.2 Å². The molecule has 0 bridgehead atoms. The second kappa shape index (κ2) is 17.7. The number of nitrogens with zero attached hydrogens (tertiary/aromatic N) is 1. The maximum atomic E-state index is 11.7. The number of ketones is 1. The Hall–Kier alpha value is -2.55. The summed E-state index contributed by atoms with van der Waals surface area (Å²) in [5, 5.41) is 15.1. The molecule has 0 saturated heterocycles. The van der Waals surface area contributed by atoms with Crippen molar-refractivity contribution < 1.29 is 30.0 Å². The first kappa shape index (κ1) is 42.2. The van der Waals surface area contributed by atoms with Gasteiger partial charge in [0.25, 0.3) is 0 Å². The molecule has 1 N–H and O–H groups in total. The quantitative estimate of drug-likeness (QED) is 0.0693. The molecule has 2 heterocycles. The number of carbonyl (C=O) groups excluding carboxylic acids is 1. The van der Waals surface area contributed by atoms with Gasteiger partial charge in [-0.3, -0.25) is 4.79 Å². The Kier molecular flexibility index (Phi) is 14.4. The molecular weight excluding hydrogens is 882 g/mol. The molecule has 0 aliphatic heterocycles. The van der Waals surface area contributed by atoms with Gasteiger partial charge in [-0.15, -0.1) is 0 Å². The van der Waals surface area contributed by atoms with E-state index >= 15 is 0 Å². The van der Waals surface area contributed by atoms with Crippen molar-refractivity contribution in [2.24, 2.45) is 17.3 Å². The van der Waals surface area contributed by atoms with Crippen molar-refractivity contribution in [3.63, 3.8) is 0 Å². The molecule has 0 atom stereocenters. The summed E-state index contributed by atoms with van der Waals surface area (Å²) in [6.07, 6.45) is 12.2. The van der Waals surface area contributed by atoms with Crippen LogP contribution in [-0.2, 0) is 30.3 Å². The van der Waals surface area contributed by atoms with E-state index in [0.717, 1.165) is 36.9 Å². The van der Waals surface area contributed by atoms with Crippen LogP contribution in [-0.4, -0.2) is 30.4 Å². The summed E-state index contributed by atoms with van der Waals surface area (Å²) in [6.45, 7) is 22.2. The molecule has 1 aliphatic carbocycles. The average Bonchev–Trinajstić information content (AvgIpc) is 3.49. The van der Waals surface area contributed by atoms with Crippen LogP contribution in [0.15, 0.2) is 66.6 Å². The molecule has 1 saturated carbocycles. The number of allylic oxidation sites excluding steroid dienone is 2. The summed E-state index contributed by atoms with van der Waals surface area (Å²) >= 11 is 0.254. The van der Waals surface area contributed by atoms with Crippen LogP contribution in [0, 0.1) is 30.2 Å². The predicted molar refractivity (Wildman–Crippen MR) is 220 cm³/mol. The molecule has 1 radical (unpaired) electrons. The summed E-state index contributed by atoms with van der Waals surface area (Å²) < 4.78 is 3.00. The summed E-state index contributed by atoms with van der Waals surface area (Å²) in [7, 11) is 0. The number of aromatic nitrogens is 1. The Balaban J connectivity index is 0.000000323. The number of pyridine rings is 1. The van der Waals surface area contributed by atoms with E-state index < -0.39 is 0 Å². The maximum absolute atomic E-state index is 11.7. The third-order valence-corrected chi connectivity index (χ3v) is 14.4. The fourth-order valence-corrected chi connectivity index (χ4v) is 10.8. The SMILES string of the molecule is CCC(CC)C(=O)/C=C(\O)C(CC)CC.Cc1c(C2CCC(C)(C)CC2)ccc2c1[se]c1c(-c3[c-]c4ccccc4c(C(C)(C)C)c3)nccc12.[Ir]. The van der Waals surface area contributed by atoms with E-state index in [1.807, 2.05) is 33.9 Å². The minimum absolute atomic E-state index is 0. The Bertz CT molecular complexity index is 2010. The Labute approximate surface area is 333 Å². The van der Waals surface area contributed by atoms with Crippen LogP contribution in [0.3, 0.4) is 0 Å². The largest absolute Gasteiger partial charge is 0 e. The molecule has 52 heavy (non-hydrogen) atoms. The van der Waals surface area contributed by atoms with Gasteiger partial charge in [0.05, 0.1) is 5.76 Å². The van der Waals surface area contributed by atoms with Crippen molar-refractivity contribution in [1.29, 1.82) is 0 Å². The van der Waals surface area contributed by atoms with Gasteiger partial charge in [0.15, 0.2) is 5.78 Å². The van der Waals surface area contributed by atoms with E-state index in [1.165, 1.54) is 68.7 Å². The van der Waals surface area contributed by atoms with Gasteiger partial charge in [-0.2, -0.15) is 0 Å². The minimum atomic E-state index is 0. The molecule has 1 fully saturated rings. The van der Waals surface area contributed by atoms with Crippen molar-refractivity contribution in [3.8, 4) is 11.3 Å². The van der Waals surface area contributed by atoms with E-state index in [1.54, 1.807) is 9.82 Å². The standard InChI is InChI=1S/C34H36NSe.C13H24O2.Ir/c1-21-25(22-13-16-34(5,6)17-14-22)11-12-27-28-15-18-35-30(32(28)36-31(21)27)24-19-23-9-7-8-10-26(23)29(20-24)33(2,3)4;1-5-10(6-2)12(14)9-13(15)11(7-3)8-4;/h7-12,15,18,20,22H,13-14,16-17H2,1-6H3;9-11,14H,5-8H2,1-4H3;/q-1;;/b;12-9-;. The van der Waals surface area contributed by atoms with E-state index in [2.05, 4.69) is 96.1 Å². The average molecular weight is 942 g/mol. The van der Waals surface area contributed by atoms with Crippen LogP contribution < -0.4 is 0 Å². The first-order valence-corrected chi connectivity index (χ1v) is 21.1. The third-order valence-electron chi connectivity index (χ3n) is 11.5. The summed E-state index contributed by atoms with van der Waals surface area (Å²) in [4.78, 5) is 16.7. The molecule has 0 amide bonds. The number of aryl methyl sites for hydroxylation is 1. The second-order valence-electron chi connectivity index (χ2n) is 16.6. The number of benzene rings is 3. The summed E-state index contributed by atoms with van der Waals surface area (Å²) in [5.41, 5.74) is 7.32. The zero-order valence-corrected chi connectivity index (χ0v) is 37.3. The first-order chi connectivity index (χ1) is 24.2. The van der Waals surface area contributed by atoms with Gasteiger partial charge in [-0.25, -0.2) is 0 Å². The summed E-state index contributed by atoms with van der Waals surface area (Å²) in [6, 6.07) is 21.9. The van der Waals surface area contributed by atoms with Crippen LogP contribution in [0.5, 0.6) is 0 Å². The van der Waals surface area contributed by atoms with Gasteiger partial charge in [0.1, 0.15) is 0 Å². The van der Waals surface area contributed by atoms with Crippen molar-refractivity contribution >= 4 is 50.4 Å². The van der Waals surface area contributed by atoms with Crippen LogP contribution in [0.25, 0.3) is 41.3 Å². The van der Waals surface area contributed by atoms with E-state index in [4.69, 9.17) is 4.98 Å². The monoisotopic (exact) mass is 943 g/mol. The molecule has 3 nitrogen and oxygen atoms in total. The fraction of sp³-hybridized carbons (Fsp3) is 0.489. The van der Waals surface area contributed by atoms with Crippen LogP contribution in [0.1, 0.15) is 136 Å². The van der Waals surface area contributed by atoms with E-state index in [9.17, 15) is 9.90 Å². The van der Waals surface area contributed by atoms with Crippen molar-refractivity contribution in [2.45, 2.75) is 132 Å². The predicted octanol–water partition coefficient (Wildman–Crippen LogP) is 13.2. The molecule has 5 heteroatoms. The summed E-state index contributed by atoms with van der Waals surface area (Å²) in [5.74, 6) is 1.26. The number of aliphatic hydroxyl groups is 1. The van der Waals surface area contributed by atoms with Gasteiger partial charge >= 0.3 is 222 Å². The van der Waals surface area contributed by atoms with E-state index in [-0.39, 0.29) is 63.4 Å². The first-order valence-electron chi connectivity index (χ1n) is 19.4. The Morgan fingerprint density at radius 1 is 0.923 bits per heavy atom. The molecule has 281 valence electrons. The number of carbonyl (C=O) groups is 1. The van der Waals surface area contributed by atoms with E-state index in [0.29, 0.717) is 11.3 Å². The van der Waals surface area contributed by atoms with Crippen molar-refractivity contribution in [1.82, 2.24) is 4.98 Å². The number of rotatable bonds is 9. The van der Waals surface area contributed by atoms with Crippen LogP contribution in [0.2, 0.25) is 0 Å². The molecule has 0 unspecified atom stereocenters. The van der Waals surface area contributed by atoms with Gasteiger partial charge in [0.2, 0.25) is 0 Å². The van der Waals surface area contributed by atoms with Gasteiger partial charge in [-0.05, 0) is 25.7 Å². The number of aliphatic hydroxyl groups excluding tert-OH is 1. The molecule has 3 aromatic carbocycles. The molecule has 1 aliphatic rings. The van der Waals surface area contributed by atoms with Crippen molar-refractivity contribution in [2.75, 3.05) is 0 Å². The zero-order valence-electron chi connectivity index (χ0n) is 33.2. The van der Waals surface area contributed by atoms with Gasteiger partial charge < -0.3 is 5.11 Å². The molecule has 6 rings (SSSR count). The zero-order chi connectivity index (χ0) is 37.1. The number of fused-ring (bicyclic) bond motifs is 4. The fourth-order valence-electron chi connectivity index (χ4n) is 8.02. The molecule has 5 aromatic rings. The normalized spacial score (nSPS) is 15.3. The van der Waals surface area contributed by atoms with Crippen LogP contribution in [0.4, 0.5) is 0 Å². The Morgan fingerprint density at radius 3 is 2.15 bits per heavy atom. The second-order valence-corrected chi connectivity index (χ2v) is 18.8. The van der Waals surface area contributed by atoms with Gasteiger partial charge in [0, 0.05) is 38.0 Å². The minimum Gasteiger partial charge on any atom is 0 e. The van der Waals surface area contributed by atoms with Gasteiger partial charge in [-0.1, -0.05) is 27.7 Å². The molecule has 2 aromatic heterocycles. The Morgan fingerprint density at radius 2 is 1.54 bits per heavy atom. The molecule has 0 spiro atoms. The molecular formula is C47H60IrNO2Se-. The third kappa shape index (κ3) is 9.21.